The zero-order valence-corrected chi connectivity index (χ0v) is 9.02. The van der Waals surface area contributed by atoms with E-state index >= 15 is 0 Å². The first-order valence-corrected chi connectivity index (χ1v) is 5.70. The van der Waals surface area contributed by atoms with E-state index in [4.69, 9.17) is 5.73 Å². The van der Waals surface area contributed by atoms with Crippen LogP contribution in [0, 0.1) is 0 Å². The van der Waals surface area contributed by atoms with E-state index in [9.17, 15) is 0 Å². The molecule has 0 atom stereocenters. The molecule has 1 aromatic heterocycles. The zero-order valence-electron chi connectivity index (χ0n) is 9.02. The van der Waals surface area contributed by atoms with Crippen molar-refractivity contribution in [3.63, 3.8) is 0 Å². The van der Waals surface area contributed by atoms with E-state index in [2.05, 4.69) is 15.1 Å². The van der Waals surface area contributed by atoms with Gasteiger partial charge in [-0.1, -0.05) is 19.3 Å². The van der Waals surface area contributed by atoms with Crippen molar-refractivity contribution in [2.75, 3.05) is 23.7 Å². The first-order valence-electron chi connectivity index (χ1n) is 5.70. The lowest BCUT2D eigenvalue weighted by molar-refractivity contribution is 0.552. The van der Waals surface area contributed by atoms with E-state index in [1.54, 1.807) is 0 Å². The summed E-state index contributed by atoms with van der Waals surface area (Å²) in [5.74, 6) is 1.46. The van der Waals surface area contributed by atoms with Gasteiger partial charge in [-0.3, -0.25) is 0 Å². The van der Waals surface area contributed by atoms with Gasteiger partial charge in [0.2, 0.25) is 0 Å². The third-order valence-electron chi connectivity index (χ3n) is 2.85. The Kier molecular flexibility index (Phi) is 3.37. The monoisotopic (exact) mass is 206 g/mol. The van der Waals surface area contributed by atoms with Crippen LogP contribution in [0.5, 0.6) is 0 Å². The SMILES string of the molecule is Nc1ccc(N2CCCCCCC2)nn1. The average molecular weight is 206 g/mol. The lowest BCUT2D eigenvalue weighted by Gasteiger charge is -2.25. The third kappa shape index (κ3) is 2.81. The largest absolute Gasteiger partial charge is 0.382 e. The quantitative estimate of drug-likeness (QED) is 0.761. The number of aromatic nitrogens is 2. The van der Waals surface area contributed by atoms with Crippen LogP contribution in [0.2, 0.25) is 0 Å². The summed E-state index contributed by atoms with van der Waals surface area (Å²) >= 11 is 0. The second-order valence-corrected chi connectivity index (χ2v) is 4.07. The van der Waals surface area contributed by atoms with Gasteiger partial charge in [0, 0.05) is 13.1 Å². The molecule has 0 bridgehead atoms. The van der Waals surface area contributed by atoms with Gasteiger partial charge >= 0.3 is 0 Å². The van der Waals surface area contributed by atoms with Crippen LogP contribution in [0.3, 0.4) is 0 Å². The average Bonchev–Trinajstić information content (AvgIpc) is 2.19. The van der Waals surface area contributed by atoms with E-state index in [1.807, 2.05) is 12.1 Å². The number of hydrogen-bond donors (Lipinski definition) is 1. The number of hydrogen-bond acceptors (Lipinski definition) is 4. The molecular formula is C11H18N4. The third-order valence-corrected chi connectivity index (χ3v) is 2.85. The molecule has 4 heteroatoms. The topological polar surface area (TPSA) is 55.0 Å². The summed E-state index contributed by atoms with van der Waals surface area (Å²) in [5, 5.41) is 8.02. The molecule has 2 heterocycles. The molecule has 1 saturated heterocycles. The summed E-state index contributed by atoms with van der Waals surface area (Å²) < 4.78 is 0. The molecule has 0 spiro atoms. The van der Waals surface area contributed by atoms with Crippen molar-refractivity contribution in [1.82, 2.24) is 10.2 Å². The molecule has 1 fully saturated rings. The number of nitrogens with zero attached hydrogens (tertiary/aromatic N) is 3. The highest BCUT2D eigenvalue weighted by Crippen LogP contribution is 2.16. The summed E-state index contributed by atoms with van der Waals surface area (Å²) in [7, 11) is 0. The Morgan fingerprint density at radius 3 is 2.20 bits per heavy atom. The van der Waals surface area contributed by atoms with Gasteiger partial charge in [-0.15, -0.1) is 10.2 Å². The standard InChI is InChI=1S/C11H18N4/c12-10-6-7-11(14-13-10)15-8-4-2-1-3-5-9-15/h6-7H,1-5,8-9H2,(H2,12,13). The van der Waals surface area contributed by atoms with Gasteiger partial charge in [-0.2, -0.15) is 0 Å². The molecule has 2 N–H and O–H groups in total. The molecular weight excluding hydrogens is 188 g/mol. The minimum Gasteiger partial charge on any atom is -0.382 e. The van der Waals surface area contributed by atoms with Gasteiger partial charge < -0.3 is 10.6 Å². The number of anilines is 2. The molecule has 0 radical (unpaired) electrons. The van der Waals surface area contributed by atoms with Crippen LogP contribution in [0.1, 0.15) is 32.1 Å². The van der Waals surface area contributed by atoms with Crippen molar-refractivity contribution in [2.24, 2.45) is 0 Å². The van der Waals surface area contributed by atoms with Crippen LogP contribution in [-0.2, 0) is 0 Å². The van der Waals surface area contributed by atoms with E-state index in [1.165, 1.54) is 32.1 Å². The summed E-state index contributed by atoms with van der Waals surface area (Å²) in [6.45, 7) is 2.19. The minimum absolute atomic E-state index is 0.491. The van der Waals surface area contributed by atoms with Crippen molar-refractivity contribution in [1.29, 1.82) is 0 Å². The van der Waals surface area contributed by atoms with Gasteiger partial charge in [-0.25, -0.2) is 0 Å². The molecule has 2 rings (SSSR count). The lowest BCUT2D eigenvalue weighted by atomic mass is 10.1. The Morgan fingerprint density at radius 2 is 1.60 bits per heavy atom. The van der Waals surface area contributed by atoms with Crippen molar-refractivity contribution >= 4 is 11.6 Å². The maximum Gasteiger partial charge on any atom is 0.151 e. The molecule has 0 unspecified atom stereocenters. The van der Waals surface area contributed by atoms with E-state index in [0.717, 1.165) is 18.9 Å². The first-order chi connectivity index (χ1) is 7.36. The van der Waals surface area contributed by atoms with E-state index in [0.29, 0.717) is 5.82 Å². The Hall–Kier alpha value is -1.32. The number of nitrogen functional groups attached to an aromatic ring is 1. The fraction of sp³-hybridized carbons (Fsp3) is 0.636. The summed E-state index contributed by atoms with van der Waals surface area (Å²) in [6.07, 6.45) is 6.55. The van der Waals surface area contributed by atoms with Crippen LogP contribution >= 0.6 is 0 Å². The van der Waals surface area contributed by atoms with Crippen molar-refractivity contribution in [3.05, 3.63) is 12.1 Å². The zero-order chi connectivity index (χ0) is 10.5. The molecule has 1 aliphatic rings. The summed E-state index contributed by atoms with van der Waals surface area (Å²) in [4.78, 5) is 2.31. The predicted octanol–water partition coefficient (Wildman–Crippen LogP) is 1.83. The summed E-state index contributed by atoms with van der Waals surface area (Å²) in [5.41, 5.74) is 5.52. The van der Waals surface area contributed by atoms with Gasteiger partial charge in [0.05, 0.1) is 0 Å². The maximum atomic E-state index is 5.52. The second-order valence-electron chi connectivity index (χ2n) is 4.07. The Labute approximate surface area is 90.5 Å². The molecule has 1 aromatic rings. The lowest BCUT2D eigenvalue weighted by Crippen LogP contribution is -2.28. The highest BCUT2D eigenvalue weighted by molar-refractivity contribution is 5.41. The van der Waals surface area contributed by atoms with Crippen LogP contribution in [-0.4, -0.2) is 23.3 Å². The number of nitrogens with two attached hydrogens (primary N) is 1. The molecule has 0 amide bonds. The fourth-order valence-electron chi connectivity index (χ4n) is 1.98. The Morgan fingerprint density at radius 1 is 0.933 bits per heavy atom. The first kappa shape index (κ1) is 10.2. The maximum absolute atomic E-state index is 5.52. The molecule has 0 aliphatic carbocycles. The van der Waals surface area contributed by atoms with Crippen LogP contribution < -0.4 is 10.6 Å². The van der Waals surface area contributed by atoms with Gasteiger partial charge in [0.25, 0.3) is 0 Å². The van der Waals surface area contributed by atoms with Crippen molar-refractivity contribution in [2.45, 2.75) is 32.1 Å². The molecule has 4 nitrogen and oxygen atoms in total. The molecule has 1 aliphatic heterocycles. The Balaban J connectivity index is 2.03. The summed E-state index contributed by atoms with van der Waals surface area (Å²) in [6, 6.07) is 3.78. The van der Waals surface area contributed by atoms with E-state index < -0.39 is 0 Å². The van der Waals surface area contributed by atoms with Crippen LogP contribution in [0.15, 0.2) is 12.1 Å². The molecule has 15 heavy (non-hydrogen) atoms. The predicted molar refractivity (Wildman–Crippen MR) is 61.7 cm³/mol. The highest BCUT2D eigenvalue weighted by Gasteiger charge is 2.10. The molecule has 82 valence electrons. The second kappa shape index (κ2) is 4.96. The normalized spacial score (nSPS) is 18.3. The smallest absolute Gasteiger partial charge is 0.151 e. The van der Waals surface area contributed by atoms with E-state index in [-0.39, 0.29) is 0 Å². The van der Waals surface area contributed by atoms with Crippen molar-refractivity contribution in [3.8, 4) is 0 Å². The Bertz CT molecular complexity index is 288. The van der Waals surface area contributed by atoms with Gasteiger partial charge in [-0.05, 0) is 25.0 Å². The molecule has 0 saturated carbocycles. The van der Waals surface area contributed by atoms with Crippen LogP contribution in [0.4, 0.5) is 11.6 Å². The van der Waals surface area contributed by atoms with Gasteiger partial charge in [0.1, 0.15) is 5.82 Å². The number of rotatable bonds is 1. The van der Waals surface area contributed by atoms with Crippen LogP contribution in [0.25, 0.3) is 0 Å². The highest BCUT2D eigenvalue weighted by atomic mass is 15.3. The fourth-order valence-corrected chi connectivity index (χ4v) is 1.98. The van der Waals surface area contributed by atoms with Crippen molar-refractivity contribution < 1.29 is 0 Å². The molecule has 0 aromatic carbocycles. The minimum atomic E-state index is 0.491. The van der Waals surface area contributed by atoms with Gasteiger partial charge in [0.15, 0.2) is 5.82 Å².